The van der Waals surface area contributed by atoms with Crippen LogP contribution in [0.4, 0.5) is 5.00 Å². The normalized spacial score (nSPS) is 10.9. The fraction of sp³-hybridized carbons (Fsp3) is 0.100. The maximum Gasteiger partial charge on any atom is 0.341 e. The molecule has 0 fully saturated rings. The van der Waals surface area contributed by atoms with Crippen molar-refractivity contribution in [2.24, 2.45) is 0 Å². The predicted molar refractivity (Wildman–Crippen MR) is 156 cm³/mol. The molecule has 0 aliphatic carbocycles. The number of hydrogen-bond donors (Lipinski definition) is 1. The van der Waals surface area contributed by atoms with Gasteiger partial charge in [-0.1, -0.05) is 65.7 Å². The summed E-state index contributed by atoms with van der Waals surface area (Å²) in [5.74, 6) is -0.849. The molecule has 0 saturated carbocycles. The predicted octanol–water partition coefficient (Wildman–Crippen LogP) is 8.67. The minimum Gasteiger partial charge on any atom is -0.462 e. The summed E-state index contributed by atoms with van der Waals surface area (Å²) in [6, 6.07) is 22.0. The van der Waals surface area contributed by atoms with Gasteiger partial charge < -0.3 is 10.1 Å². The van der Waals surface area contributed by atoms with Crippen molar-refractivity contribution in [2.75, 3.05) is 11.9 Å². The molecular weight excluding hydrogens is 539 g/mol. The Kier molecular flexibility index (Phi) is 7.47. The average molecular weight is 561 g/mol. The van der Waals surface area contributed by atoms with Gasteiger partial charge in [0.1, 0.15) is 10.6 Å². The number of anilines is 1. The van der Waals surface area contributed by atoms with Gasteiger partial charge in [-0.2, -0.15) is 0 Å². The molecule has 0 atom stereocenters. The molecule has 2 aromatic heterocycles. The first kappa shape index (κ1) is 25.9. The van der Waals surface area contributed by atoms with E-state index in [1.54, 1.807) is 31.2 Å². The van der Waals surface area contributed by atoms with Gasteiger partial charge in [-0.25, -0.2) is 9.78 Å². The molecule has 5 nitrogen and oxygen atoms in total. The number of amides is 1. The Balaban J connectivity index is 1.61. The number of para-hydroxylation sites is 1. The summed E-state index contributed by atoms with van der Waals surface area (Å²) < 4.78 is 5.35. The first-order valence-electron chi connectivity index (χ1n) is 11.9. The highest BCUT2D eigenvalue weighted by molar-refractivity contribution is 7.15. The van der Waals surface area contributed by atoms with Crippen LogP contribution in [0.25, 0.3) is 33.3 Å². The lowest BCUT2D eigenvalue weighted by atomic mass is 9.97. The Bertz CT molecular complexity index is 1660. The minimum atomic E-state index is -0.507. The fourth-order valence-electron chi connectivity index (χ4n) is 4.35. The molecule has 1 amide bonds. The molecule has 0 unspecified atom stereocenters. The summed E-state index contributed by atoms with van der Waals surface area (Å²) >= 11 is 13.4. The summed E-state index contributed by atoms with van der Waals surface area (Å²) in [7, 11) is 0. The number of benzene rings is 3. The largest absolute Gasteiger partial charge is 0.462 e. The average Bonchev–Trinajstić information content (AvgIpc) is 3.33. The lowest BCUT2D eigenvalue weighted by Gasteiger charge is -2.15. The number of fused-ring (bicyclic) bond motifs is 1. The van der Waals surface area contributed by atoms with E-state index in [-0.39, 0.29) is 12.5 Å². The van der Waals surface area contributed by atoms with Crippen LogP contribution in [0.2, 0.25) is 10.0 Å². The molecule has 38 heavy (non-hydrogen) atoms. The van der Waals surface area contributed by atoms with Crippen molar-refractivity contribution in [3.05, 3.63) is 105 Å². The van der Waals surface area contributed by atoms with E-state index in [4.69, 9.17) is 32.9 Å². The number of pyridine rings is 1. The van der Waals surface area contributed by atoms with Crippen LogP contribution < -0.4 is 5.32 Å². The topological polar surface area (TPSA) is 68.3 Å². The third kappa shape index (κ3) is 5.03. The summed E-state index contributed by atoms with van der Waals surface area (Å²) in [6.45, 7) is 3.83. The van der Waals surface area contributed by atoms with Crippen molar-refractivity contribution in [3.8, 4) is 22.4 Å². The van der Waals surface area contributed by atoms with Crippen LogP contribution in [0.3, 0.4) is 0 Å². The molecule has 0 radical (unpaired) electrons. The maximum atomic E-state index is 13.9. The number of rotatable bonds is 6. The smallest absolute Gasteiger partial charge is 0.341 e. The molecule has 190 valence electrons. The number of aromatic nitrogens is 1. The number of carbonyl (C=O) groups excluding carboxylic acids is 2. The molecular formula is C30H22Cl2N2O3S. The summed E-state index contributed by atoms with van der Waals surface area (Å²) in [5.41, 5.74) is 5.19. The van der Waals surface area contributed by atoms with E-state index >= 15 is 0 Å². The van der Waals surface area contributed by atoms with Gasteiger partial charge in [0.05, 0.1) is 23.4 Å². The highest BCUT2D eigenvalue weighted by Gasteiger charge is 2.25. The van der Waals surface area contributed by atoms with Crippen LogP contribution >= 0.6 is 34.5 Å². The summed E-state index contributed by atoms with van der Waals surface area (Å²) in [5, 5.41) is 7.16. The van der Waals surface area contributed by atoms with Crippen molar-refractivity contribution < 1.29 is 14.3 Å². The minimum absolute atomic E-state index is 0.209. The van der Waals surface area contributed by atoms with Gasteiger partial charge in [0.2, 0.25) is 0 Å². The van der Waals surface area contributed by atoms with Gasteiger partial charge in [0.25, 0.3) is 5.91 Å². The Morgan fingerprint density at radius 3 is 2.18 bits per heavy atom. The monoisotopic (exact) mass is 560 g/mol. The molecule has 0 aliphatic heterocycles. The first-order chi connectivity index (χ1) is 18.4. The van der Waals surface area contributed by atoms with Crippen molar-refractivity contribution in [1.29, 1.82) is 0 Å². The Morgan fingerprint density at radius 1 is 0.895 bits per heavy atom. The number of hydrogen-bond acceptors (Lipinski definition) is 5. The third-order valence-corrected chi connectivity index (χ3v) is 7.53. The van der Waals surface area contributed by atoms with Crippen molar-refractivity contribution in [2.45, 2.75) is 13.8 Å². The third-order valence-electron chi connectivity index (χ3n) is 6.13. The second kappa shape index (κ2) is 11.0. The highest BCUT2D eigenvalue weighted by atomic mass is 35.5. The van der Waals surface area contributed by atoms with Crippen LogP contribution in [0.5, 0.6) is 0 Å². The van der Waals surface area contributed by atoms with Gasteiger partial charge in [-0.05, 0) is 55.3 Å². The number of nitrogens with one attached hydrogen (secondary N) is 1. The van der Waals surface area contributed by atoms with E-state index < -0.39 is 5.97 Å². The Labute approximate surface area is 234 Å². The van der Waals surface area contributed by atoms with Crippen LogP contribution in [-0.2, 0) is 4.74 Å². The Morgan fingerprint density at radius 2 is 1.53 bits per heavy atom. The zero-order valence-electron chi connectivity index (χ0n) is 20.5. The lowest BCUT2D eigenvalue weighted by molar-refractivity contribution is 0.0529. The molecule has 3 aromatic carbocycles. The molecule has 0 aliphatic rings. The first-order valence-corrected chi connectivity index (χ1v) is 13.5. The standard InChI is InChI=1S/C30H22Cl2N2O3S/c1-3-37-30(36)26-23(18-8-12-20(31)13-9-18)16-38-29(26)34-28(35)25-17(2)27(19-10-14-21(32)15-11-19)33-24-7-5-4-6-22(24)25/h4-16H,3H2,1-2H3,(H,34,35). The quantitative estimate of drug-likeness (QED) is 0.211. The molecule has 5 aromatic rings. The molecule has 2 heterocycles. The van der Waals surface area contributed by atoms with Crippen molar-refractivity contribution >= 4 is 62.3 Å². The summed E-state index contributed by atoms with van der Waals surface area (Å²) in [4.78, 5) is 31.8. The zero-order chi connectivity index (χ0) is 26.8. The Hall–Kier alpha value is -3.71. The molecule has 1 N–H and O–H groups in total. The summed E-state index contributed by atoms with van der Waals surface area (Å²) in [6.07, 6.45) is 0. The fourth-order valence-corrected chi connectivity index (χ4v) is 5.56. The molecule has 5 rings (SSSR count). The second-order valence-electron chi connectivity index (χ2n) is 8.52. The highest BCUT2D eigenvalue weighted by Crippen LogP contribution is 2.38. The number of halogens is 2. The van der Waals surface area contributed by atoms with E-state index in [9.17, 15) is 9.59 Å². The van der Waals surface area contributed by atoms with E-state index in [1.807, 2.05) is 60.8 Å². The zero-order valence-corrected chi connectivity index (χ0v) is 22.9. The second-order valence-corrected chi connectivity index (χ2v) is 10.3. The molecule has 0 saturated heterocycles. The van der Waals surface area contributed by atoms with E-state index in [1.165, 1.54) is 11.3 Å². The van der Waals surface area contributed by atoms with Gasteiger partial charge in [0, 0.05) is 31.9 Å². The number of esters is 1. The van der Waals surface area contributed by atoms with Crippen LogP contribution in [0.1, 0.15) is 33.2 Å². The number of thiophene rings is 1. The molecule has 0 bridgehead atoms. The van der Waals surface area contributed by atoms with Gasteiger partial charge >= 0.3 is 5.97 Å². The van der Waals surface area contributed by atoms with Gasteiger partial charge in [0.15, 0.2) is 0 Å². The number of nitrogens with zero attached hydrogens (tertiary/aromatic N) is 1. The maximum absolute atomic E-state index is 13.9. The SMILES string of the molecule is CCOC(=O)c1c(-c2ccc(Cl)cc2)csc1NC(=O)c1c(C)c(-c2ccc(Cl)cc2)nc2ccccc12. The van der Waals surface area contributed by atoms with Crippen molar-refractivity contribution in [3.63, 3.8) is 0 Å². The molecule has 0 spiro atoms. The van der Waals surface area contributed by atoms with Gasteiger partial charge in [-0.15, -0.1) is 11.3 Å². The number of carbonyl (C=O) groups is 2. The lowest BCUT2D eigenvalue weighted by Crippen LogP contribution is -2.17. The van der Waals surface area contributed by atoms with E-state index in [2.05, 4.69) is 5.32 Å². The van der Waals surface area contributed by atoms with Crippen molar-refractivity contribution in [1.82, 2.24) is 4.98 Å². The van der Waals surface area contributed by atoms with Crippen LogP contribution in [0.15, 0.2) is 78.2 Å². The van der Waals surface area contributed by atoms with Gasteiger partial charge in [-0.3, -0.25) is 4.79 Å². The van der Waals surface area contributed by atoms with E-state index in [0.717, 1.165) is 16.7 Å². The van der Waals surface area contributed by atoms with Crippen LogP contribution in [0, 0.1) is 6.92 Å². The van der Waals surface area contributed by atoms with E-state index in [0.29, 0.717) is 48.3 Å². The van der Waals surface area contributed by atoms with Crippen LogP contribution in [-0.4, -0.2) is 23.5 Å². The number of ether oxygens (including phenoxy) is 1. The molecule has 8 heteroatoms.